The maximum absolute atomic E-state index is 12.1. The van der Waals surface area contributed by atoms with Crippen molar-refractivity contribution in [1.29, 1.82) is 0 Å². The molecule has 2 fully saturated rings. The molecule has 0 spiro atoms. The van der Waals surface area contributed by atoms with Gasteiger partial charge in [-0.3, -0.25) is 9.69 Å². The maximum Gasteiger partial charge on any atom is 0.310 e. The van der Waals surface area contributed by atoms with Crippen LogP contribution in [0.25, 0.3) is 5.78 Å². The SMILES string of the molecule is CCOC(=O)[C@H]1CCCN(Cc2nc3nc(C)cc(N4CCCC4)n3n2)C1. The molecule has 2 saturated heterocycles. The molecule has 1 atom stereocenters. The monoisotopic (exact) mass is 372 g/mol. The van der Waals surface area contributed by atoms with Crippen LogP contribution < -0.4 is 4.90 Å². The molecule has 27 heavy (non-hydrogen) atoms. The molecule has 2 aromatic rings. The lowest BCUT2D eigenvalue weighted by Gasteiger charge is -2.30. The van der Waals surface area contributed by atoms with E-state index in [2.05, 4.69) is 25.8 Å². The van der Waals surface area contributed by atoms with Gasteiger partial charge >= 0.3 is 5.97 Å². The van der Waals surface area contributed by atoms with Gasteiger partial charge in [0.2, 0.25) is 0 Å². The Morgan fingerprint density at radius 2 is 2.04 bits per heavy atom. The Balaban J connectivity index is 1.52. The number of likely N-dealkylation sites (tertiary alicyclic amines) is 1. The first-order valence-electron chi connectivity index (χ1n) is 10.0. The predicted octanol–water partition coefficient (Wildman–Crippen LogP) is 1.81. The Morgan fingerprint density at radius 1 is 1.22 bits per heavy atom. The normalized spacial score (nSPS) is 21.1. The van der Waals surface area contributed by atoms with Crippen LogP contribution in [0.4, 0.5) is 5.82 Å². The third-order valence-corrected chi connectivity index (χ3v) is 5.39. The third kappa shape index (κ3) is 3.90. The van der Waals surface area contributed by atoms with Crippen LogP contribution in [0.15, 0.2) is 6.07 Å². The molecule has 0 aromatic carbocycles. The average molecular weight is 372 g/mol. The van der Waals surface area contributed by atoms with Crippen LogP contribution in [-0.2, 0) is 16.1 Å². The second kappa shape index (κ2) is 7.80. The zero-order valence-electron chi connectivity index (χ0n) is 16.2. The van der Waals surface area contributed by atoms with E-state index in [0.29, 0.717) is 25.5 Å². The van der Waals surface area contributed by atoms with Gasteiger partial charge in [-0.1, -0.05) is 0 Å². The zero-order chi connectivity index (χ0) is 18.8. The Morgan fingerprint density at radius 3 is 2.81 bits per heavy atom. The molecule has 8 heteroatoms. The van der Waals surface area contributed by atoms with Gasteiger partial charge in [0.05, 0.1) is 19.1 Å². The molecule has 2 aromatic heterocycles. The molecule has 0 aliphatic carbocycles. The van der Waals surface area contributed by atoms with Gasteiger partial charge in [-0.25, -0.2) is 4.98 Å². The Hall–Kier alpha value is -2.22. The first-order valence-corrected chi connectivity index (χ1v) is 10.0. The molecule has 0 amide bonds. The number of rotatable bonds is 5. The molecule has 0 bridgehead atoms. The Bertz CT molecular complexity index is 814. The molecule has 146 valence electrons. The number of carbonyl (C=O) groups excluding carboxylic acids is 1. The largest absolute Gasteiger partial charge is 0.466 e. The molecule has 0 unspecified atom stereocenters. The molecule has 2 aliphatic heterocycles. The number of piperidine rings is 1. The number of nitrogens with zero attached hydrogens (tertiary/aromatic N) is 6. The van der Waals surface area contributed by atoms with Crippen LogP contribution in [0.3, 0.4) is 0 Å². The van der Waals surface area contributed by atoms with Gasteiger partial charge in [-0.2, -0.15) is 9.50 Å². The fourth-order valence-electron chi connectivity index (χ4n) is 4.10. The fraction of sp³-hybridized carbons (Fsp3) is 0.684. The standard InChI is InChI=1S/C19H28N6O2/c1-3-27-18(26)15-7-6-8-23(12-15)13-16-21-19-20-14(2)11-17(25(19)22-16)24-9-4-5-10-24/h11,15H,3-10,12-13H2,1-2H3/t15-/m0/s1. The lowest BCUT2D eigenvalue weighted by Crippen LogP contribution is -2.39. The number of ether oxygens (including phenoxy) is 1. The first kappa shape index (κ1) is 18.2. The maximum atomic E-state index is 12.1. The van der Waals surface area contributed by atoms with Gasteiger partial charge in [0, 0.05) is 31.4 Å². The van der Waals surface area contributed by atoms with Gasteiger partial charge in [0.25, 0.3) is 5.78 Å². The molecule has 0 N–H and O–H groups in total. The summed E-state index contributed by atoms with van der Waals surface area (Å²) in [5.74, 6) is 2.37. The summed E-state index contributed by atoms with van der Waals surface area (Å²) in [5.41, 5.74) is 0.962. The van der Waals surface area contributed by atoms with Crippen molar-refractivity contribution in [2.75, 3.05) is 37.7 Å². The summed E-state index contributed by atoms with van der Waals surface area (Å²) in [7, 11) is 0. The Labute approximate surface area is 159 Å². The number of aryl methyl sites for hydroxylation is 1. The van der Waals surface area contributed by atoms with Gasteiger partial charge in [0.1, 0.15) is 5.82 Å². The van der Waals surface area contributed by atoms with E-state index in [1.807, 2.05) is 18.4 Å². The van der Waals surface area contributed by atoms with E-state index in [1.54, 1.807) is 0 Å². The zero-order valence-corrected chi connectivity index (χ0v) is 16.2. The fourth-order valence-corrected chi connectivity index (χ4v) is 4.10. The lowest BCUT2D eigenvalue weighted by molar-refractivity contribution is -0.150. The summed E-state index contributed by atoms with van der Waals surface area (Å²) in [5, 5.41) is 4.74. The van der Waals surface area contributed by atoms with E-state index in [4.69, 9.17) is 9.84 Å². The quantitative estimate of drug-likeness (QED) is 0.741. The first-order chi connectivity index (χ1) is 13.1. The summed E-state index contributed by atoms with van der Waals surface area (Å²) in [4.78, 5) is 25.9. The van der Waals surface area contributed by atoms with E-state index < -0.39 is 0 Å². The lowest BCUT2D eigenvalue weighted by atomic mass is 9.98. The molecule has 0 radical (unpaired) electrons. The molecule has 4 heterocycles. The number of carbonyl (C=O) groups is 1. The minimum atomic E-state index is -0.0845. The van der Waals surface area contributed by atoms with E-state index in [0.717, 1.165) is 49.8 Å². The Kier molecular flexibility index (Phi) is 5.24. The average Bonchev–Trinajstić information content (AvgIpc) is 3.31. The van der Waals surface area contributed by atoms with Crippen molar-refractivity contribution in [2.45, 2.75) is 46.1 Å². The van der Waals surface area contributed by atoms with Crippen LogP contribution >= 0.6 is 0 Å². The smallest absolute Gasteiger partial charge is 0.310 e. The number of esters is 1. The highest BCUT2D eigenvalue weighted by Crippen LogP contribution is 2.23. The van der Waals surface area contributed by atoms with Crippen LogP contribution in [-0.4, -0.2) is 63.2 Å². The van der Waals surface area contributed by atoms with Gasteiger partial charge in [-0.15, -0.1) is 5.10 Å². The van der Waals surface area contributed by atoms with E-state index in [-0.39, 0.29) is 11.9 Å². The van der Waals surface area contributed by atoms with Crippen LogP contribution in [0, 0.1) is 12.8 Å². The van der Waals surface area contributed by atoms with Gasteiger partial charge < -0.3 is 9.64 Å². The number of hydrogen-bond acceptors (Lipinski definition) is 7. The van der Waals surface area contributed by atoms with Crippen molar-refractivity contribution < 1.29 is 9.53 Å². The van der Waals surface area contributed by atoms with Gasteiger partial charge in [-0.05, 0) is 46.1 Å². The third-order valence-electron chi connectivity index (χ3n) is 5.39. The van der Waals surface area contributed by atoms with Crippen molar-refractivity contribution in [2.24, 2.45) is 5.92 Å². The molecular weight excluding hydrogens is 344 g/mol. The molecule has 4 rings (SSSR count). The number of aromatic nitrogens is 4. The van der Waals surface area contributed by atoms with Crippen molar-refractivity contribution >= 4 is 17.6 Å². The summed E-state index contributed by atoms with van der Waals surface area (Å²) in [6.45, 7) is 8.71. The molecule has 2 aliphatic rings. The summed E-state index contributed by atoms with van der Waals surface area (Å²) < 4.78 is 7.07. The number of fused-ring (bicyclic) bond motifs is 1. The molecule has 0 saturated carbocycles. The predicted molar refractivity (Wildman–Crippen MR) is 102 cm³/mol. The van der Waals surface area contributed by atoms with Crippen LogP contribution in [0.1, 0.15) is 44.1 Å². The van der Waals surface area contributed by atoms with E-state index in [9.17, 15) is 4.79 Å². The second-order valence-electron chi connectivity index (χ2n) is 7.52. The van der Waals surface area contributed by atoms with Crippen molar-refractivity contribution in [3.8, 4) is 0 Å². The minimum Gasteiger partial charge on any atom is -0.466 e. The van der Waals surface area contributed by atoms with E-state index in [1.165, 1.54) is 12.8 Å². The number of hydrogen-bond donors (Lipinski definition) is 0. The summed E-state index contributed by atoms with van der Waals surface area (Å²) >= 11 is 0. The topological polar surface area (TPSA) is 75.9 Å². The highest BCUT2D eigenvalue weighted by atomic mass is 16.5. The molecule has 8 nitrogen and oxygen atoms in total. The van der Waals surface area contributed by atoms with Gasteiger partial charge in [0.15, 0.2) is 5.82 Å². The van der Waals surface area contributed by atoms with Crippen molar-refractivity contribution in [3.63, 3.8) is 0 Å². The highest BCUT2D eigenvalue weighted by molar-refractivity contribution is 5.72. The summed E-state index contributed by atoms with van der Waals surface area (Å²) in [6.07, 6.45) is 4.32. The second-order valence-corrected chi connectivity index (χ2v) is 7.52. The molecular formula is C19H28N6O2. The van der Waals surface area contributed by atoms with Crippen LogP contribution in [0.5, 0.6) is 0 Å². The highest BCUT2D eigenvalue weighted by Gasteiger charge is 2.28. The summed E-state index contributed by atoms with van der Waals surface area (Å²) in [6, 6.07) is 2.09. The van der Waals surface area contributed by atoms with E-state index >= 15 is 0 Å². The van der Waals surface area contributed by atoms with Crippen molar-refractivity contribution in [1.82, 2.24) is 24.5 Å². The van der Waals surface area contributed by atoms with Crippen molar-refractivity contribution in [3.05, 3.63) is 17.6 Å². The number of anilines is 1. The van der Waals surface area contributed by atoms with Crippen LogP contribution in [0.2, 0.25) is 0 Å². The minimum absolute atomic E-state index is 0.0451.